The standard InChI is InChI=1S/C19H23FN4O/c20-16-5-3-4-15(8-16)9-19(25)23-12-17-10-21-14-24(17)18(13-23)11-22-6-1-2-7-22/h3-5,8,10,14,18H,1-2,6-7,9,11-13H2/t18-/m1/s1. The molecule has 5 nitrogen and oxygen atoms in total. The summed E-state index contributed by atoms with van der Waals surface area (Å²) in [6, 6.07) is 6.53. The van der Waals surface area contributed by atoms with Crippen molar-refractivity contribution in [2.75, 3.05) is 26.2 Å². The van der Waals surface area contributed by atoms with Gasteiger partial charge in [-0.15, -0.1) is 0 Å². The highest BCUT2D eigenvalue weighted by Crippen LogP contribution is 2.24. The van der Waals surface area contributed by atoms with Crippen LogP contribution in [-0.2, 0) is 17.8 Å². The minimum absolute atomic E-state index is 0.0458. The first-order chi connectivity index (χ1) is 12.2. The van der Waals surface area contributed by atoms with E-state index >= 15 is 0 Å². The zero-order valence-corrected chi connectivity index (χ0v) is 14.3. The number of halogens is 1. The Kier molecular flexibility index (Phi) is 4.53. The summed E-state index contributed by atoms with van der Waals surface area (Å²) in [5.41, 5.74) is 1.79. The molecule has 1 atom stereocenters. The third kappa shape index (κ3) is 3.58. The van der Waals surface area contributed by atoms with Crippen LogP contribution in [0.4, 0.5) is 4.39 Å². The normalized spacial score (nSPS) is 20.7. The Morgan fingerprint density at radius 2 is 2.12 bits per heavy atom. The van der Waals surface area contributed by atoms with E-state index in [9.17, 15) is 9.18 Å². The molecule has 0 bridgehead atoms. The van der Waals surface area contributed by atoms with Crippen LogP contribution in [0.5, 0.6) is 0 Å². The minimum Gasteiger partial charge on any atom is -0.334 e. The number of likely N-dealkylation sites (tertiary alicyclic amines) is 1. The largest absolute Gasteiger partial charge is 0.334 e. The van der Waals surface area contributed by atoms with E-state index in [0.717, 1.165) is 30.9 Å². The number of carbonyl (C=O) groups excluding carboxylic acids is 1. The van der Waals surface area contributed by atoms with Crippen LogP contribution < -0.4 is 0 Å². The van der Waals surface area contributed by atoms with Crippen LogP contribution in [0.3, 0.4) is 0 Å². The number of rotatable bonds is 4. The Hall–Kier alpha value is -2.21. The summed E-state index contributed by atoms with van der Waals surface area (Å²) in [4.78, 5) is 21.4. The molecule has 0 N–H and O–H groups in total. The minimum atomic E-state index is -0.297. The highest BCUT2D eigenvalue weighted by Gasteiger charge is 2.29. The smallest absolute Gasteiger partial charge is 0.227 e. The summed E-state index contributed by atoms with van der Waals surface area (Å²) in [5.74, 6) is -0.251. The average Bonchev–Trinajstić information content (AvgIpc) is 3.26. The lowest BCUT2D eigenvalue weighted by Crippen LogP contribution is -2.44. The molecule has 0 spiro atoms. The lowest BCUT2D eigenvalue weighted by atomic mass is 10.1. The number of imidazole rings is 1. The number of benzene rings is 1. The average molecular weight is 342 g/mol. The van der Waals surface area contributed by atoms with Gasteiger partial charge in [0, 0.05) is 19.3 Å². The number of carbonyl (C=O) groups is 1. The number of fused-ring (bicyclic) bond motifs is 1. The Balaban J connectivity index is 1.48. The van der Waals surface area contributed by atoms with Crippen molar-refractivity contribution >= 4 is 5.91 Å². The molecule has 1 aromatic carbocycles. The summed E-state index contributed by atoms with van der Waals surface area (Å²) >= 11 is 0. The highest BCUT2D eigenvalue weighted by molar-refractivity contribution is 5.79. The van der Waals surface area contributed by atoms with E-state index in [4.69, 9.17) is 0 Å². The van der Waals surface area contributed by atoms with Crippen LogP contribution >= 0.6 is 0 Å². The number of aromatic nitrogens is 2. The molecule has 0 saturated carbocycles. The molecule has 1 fully saturated rings. The van der Waals surface area contributed by atoms with Gasteiger partial charge < -0.3 is 14.4 Å². The van der Waals surface area contributed by atoms with Gasteiger partial charge in [-0.25, -0.2) is 9.37 Å². The van der Waals surface area contributed by atoms with Crippen molar-refractivity contribution < 1.29 is 9.18 Å². The number of nitrogens with zero attached hydrogens (tertiary/aromatic N) is 4. The molecular weight excluding hydrogens is 319 g/mol. The SMILES string of the molecule is O=C(Cc1cccc(F)c1)N1Cc2cncn2[C@H](CN2CCCC2)C1. The van der Waals surface area contributed by atoms with E-state index in [2.05, 4.69) is 14.5 Å². The topological polar surface area (TPSA) is 41.4 Å². The molecule has 0 radical (unpaired) electrons. The second kappa shape index (κ2) is 6.96. The van der Waals surface area contributed by atoms with Crippen LogP contribution in [0.1, 0.15) is 30.1 Å². The quantitative estimate of drug-likeness (QED) is 0.856. The first kappa shape index (κ1) is 16.3. The molecule has 2 aliphatic heterocycles. The van der Waals surface area contributed by atoms with Crippen molar-refractivity contribution in [1.82, 2.24) is 19.4 Å². The second-order valence-corrected chi connectivity index (χ2v) is 7.03. The van der Waals surface area contributed by atoms with Gasteiger partial charge in [0.15, 0.2) is 0 Å². The molecule has 25 heavy (non-hydrogen) atoms. The summed E-state index contributed by atoms with van der Waals surface area (Å²) in [6.45, 7) is 4.49. The van der Waals surface area contributed by atoms with Crippen molar-refractivity contribution in [3.05, 3.63) is 53.9 Å². The maximum atomic E-state index is 13.4. The van der Waals surface area contributed by atoms with E-state index in [1.165, 1.54) is 25.0 Å². The molecular formula is C19H23FN4O. The number of hydrogen-bond donors (Lipinski definition) is 0. The molecule has 1 amide bonds. The third-order valence-electron chi connectivity index (χ3n) is 5.19. The van der Waals surface area contributed by atoms with Crippen molar-refractivity contribution in [2.45, 2.75) is 31.8 Å². The Morgan fingerprint density at radius 3 is 2.92 bits per heavy atom. The van der Waals surface area contributed by atoms with Crippen molar-refractivity contribution in [2.24, 2.45) is 0 Å². The molecule has 132 valence electrons. The first-order valence-corrected chi connectivity index (χ1v) is 8.94. The fourth-order valence-corrected chi connectivity index (χ4v) is 3.92. The molecule has 3 heterocycles. The molecule has 2 aromatic rings. The van der Waals surface area contributed by atoms with Crippen LogP contribution in [0.25, 0.3) is 0 Å². The summed E-state index contributed by atoms with van der Waals surface area (Å²) in [6.07, 6.45) is 6.48. The molecule has 0 aliphatic carbocycles. The lowest BCUT2D eigenvalue weighted by molar-refractivity contribution is -0.132. The Labute approximate surface area is 147 Å². The number of hydrogen-bond acceptors (Lipinski definition) is 3. The molecule has 1 saturated heterocycles. The Bertz CT molecular complexity index is 753. The zero-order valence-electron chi connectivity index (χ0n) is 14.3. The predicted molar refractivity (Wildman–Crippen MR) is 92.5 cm³/mol. The van der Waals surface area contributed by atoms with Gasteiger partial charge in [0.2, 0.25) is 5.91 Å². The highest BCUT2D eigenvalue weighted by atomic mass is 19.1. The van der Waals surface area contributed by atoms with E-state index in [0.29, 0.717) is 13.1 Å². The monoisotopic (exact) mass is 342 g/mol. The van der Waals surface area contributed by atoms with Gasteiger partial charge in [-0.1, -0.05) is 12.1 Å². The number of amides is 1. The van der Waals surface area contributed by atoms with E-state index < -0.39 is 0 Å². The van der Waals surface area contributed by atoms with Gasteiger partial charge in [-0.05, 0) is 43.6 Å². The lowest BCUT2D eigenvalue weighted by Gasteiger charge is -2.36. The fourth-order valence-electron chi connectivity index (χ4n) is 3.92. The first-order valence-electron chi connectivity index (χ1n) is 8.94. The molecule has 1 aromatic heterocycles. The molecule has 0 unspecified atom stereocenters. The van der Waals surface area contributed by atoms with Gasteiger partial charge in [0.05, 0.1) is 31.0 Å². The van der Waals surface area contributed by atoms with Crippen LogP contribution in [0.15, 0.2) is 36.8 Å². The van der Waals surface area contributed by atoms with Crippen molar-refractivity contribution in [1.29, 1.82) is 0 Å². The van der Waals surface area contributed by atoms with Crippen LogP contribution in [0, 0.1) is 5.82 Å². The zero-order chi connectivity index (χ0) is 17.2. The fraction of sp³-hybridized carbons (Fsp3) is 0.474. The molecule has 6 heteroatoms. The third-order valence-corrected chi connectivity index (χ3v) is 5.19. The van der Waals surface area contributed by atoms with Gasteiger partial charge >= 0.3 is 0 Å². The maximum absolute atomic E-state index is 13.4. The van der Waals surface area contributed by atoms with Crippen LogP contribution in [-0.4, -0.2) is 51.4 Å². The maximum Gasteiger partial charge on any atom is 0.227 e. The van der Waals surface area contributed by atoms with Gasteiger partial charge in [0.25, 0.3) is 0 Å². The predicted octanol–water partition coefficient (Wildman–Crippen LogP) is 2.24. The van der Waals surface area contributed by atoms with E-state index in [1.54, 1.807) is 12.1 Å². The van der Waals surface area contributed by atoms with E-state index in [1.807, 2.05) is 17.4 Å². The molecule has 4 rings (SSSR count). The summed E-state index contributed by atoms with van der Waals surface area (Å²) in [5, 5.41) is 0. The van der Waals surface area contributed by atoms with E-state index in [-0.39, 0.29) is 24.2 Å². The van der Waals surface area contributed by atoms with Crippen molar-refractivity contribution in [3.8, 4) is 0 Å². The van der Waals surface area contributed by atoms with Gasteiger partial charge in [-0.2, -0.15) is 0 Å². The summed E-state index contributed by atoms with van der Waals surface area (Å²) < 4.78 is 15.6. The molecule has 2 aliphatic rings. The van der Waals surface area contributed by atoms with Crippen molar-refractivity contribution in [3.63, 3.8) is 0 Å². The second-order valence-electron chi connectivity index (χ2n) is 7.03. The van der Waals surface area contributed by atoms with Gasteiger partial charge in [-0.3, -0.25) is 4.79 Å². The Morgan fingerprint density at radius 1 is 1.28 bits per heavy atom. The van der Waals surface area contributed by atoms with Gasteiger partial charge in [0.1, 0.15) is 5.82 Å². The van der Waals surface area contributed by atoms with Crippen LogP contribution in [0.2, 0.25) is 0 Å². The summed E-state index contributed by atoms with van der Waals surface area (Å²) in [7, 11) is 0.